The third-order valence-electron chi connectivity index (χ3n) is 2.75. The van der Waals surface area contributed by atoms with Crippen molar-refractivity contribution in [2.45, 2.75) is 39.0 Å². The molecule has 1 aliphatic rings. The van der Waals surface area contributed by atoms with E-state index in [4.69, 9.17) is 9.84 Å². The summed E-state index contributed by atoms with van der Waals surface area (Å²) >= 11 is 0. The van der Waals surface area contributed by atoms with Gasteiger partial charge in [-0.1, -0.05) is 0 Å². The maximum Gasteiger partial charge on any atom is 0.411 e. The lowest BCUT2D eigenvalue weighted by atomic mass is 10.0. The molecule has 0 aliphatic carbocycles. The number of carboxylic acid groups (broad SMARTS) is 1. The Morgan fingerprint density at radius 3 is 2.94 bits per heavy atom. The summed E-state index contributed by atoms with van der Waals surface area (Å²) in [6.07, 6.45) is 0.801. The van der Waals surface area contributed by atoms with E-state index >= 15 is 0 Å². The van der Waals surface area contributed by atoms with E-state index in [2.05, 4.69) is 9.97 Å². The van der Waals surface area contributed by atoms with Crippen LogP contribution in [0.4, 0.5) is 4.79 Å². The smallest absolute Gasteiger partial charge is 0.411 e. The number of rotatable bonds is 2. The number of carboxylic acids is 1. The second kappa shape index (κ2) is 4.67. The van der Waals surface area contributed by atoms with Crippen LogP contribution in [-0.2, 0) is 22.5 Å². The zero-order chi connectivity index (χ0) is 13.3. The molecule has 0 saturated carbocycles. The van der Waals surface area contributed by atoms with E-state index in [9.17, 15) is 9.59 Å². The van der Waals surface area contributed by atoms with Gasteiger partial charge in [0.1, 0.15) is 6.04 Å². The number of nitrogens with one attached hydrogen (secondary N) is 1. The zero-order valence-corrected chi connectivity index (χ0v) is 10.2. The molecule has 0 spiro atoms. The van der Waals surface area contributed by atoms with Crippen molar-refractivity contribution in [3.8, 4) is 0 Å². The van der Waals surface area contributed by atoms with Gasteiger partial charge in [0.15, 0.2) is 0 Å². The molecule has 2 rings (SSSR count). The highest BCUT2D eigenvalue weighted by molar-refractivity contribution is 5.81. The minimum Gasteiger partial charge on any atom is -0.480 e. The summed E-state index contributed by atoms with van der Waals surface area (Å²) in [5.41, 5.74) is 1.45. The molecule has 0 radical (unpaired) electrons. The lowest BCUT2D eigenvalue weighted by Crippen LogP contribution is -2.49. The van der Waals surface area contributed by atoms with Gasteiger partial charge in [-0.3, -0.25) is 4.90 Å². The van der Waals surface area contributed by atoms with Crippen LogP contribution in [0.25, 0.3) is 0 Å². The van der Waals surface area contributed by atoms with Crippen molar-refractivity contribution in [3.05, 3.63) is 17.7 Å². The molecular weight excluding hydrogens is 238 g/mol. The fourth-order valence-corrected chi connectivity index (χ4v) is 1.92. The molecule has 1 unspecified atom stereocenters. The predicted octanol–water partition coefficient (Wildman–Crippen LogP) is 0.766. The van der Waals surface area contributed by atoms with Gasteiger partial charge < -0.3 is 14.8 Å². The van der Waals surface area contributed by atoms with Crippen LogP contribution in [0.1, 0.15) is 25.2 Å². The maximum absolute atomic E-state index is 11.9. The molecule has 2 heterocycles. The number of aromatic nitrogens is 2. The fourth-order valence-electron chi connectivity index (χ4n) is 1.92. The number of aromatic amines is 1. The third kappa shape index (κ3) is 2.29. The van der Waals surface area contributed by atoms with Crippen LogP contribution in [0.5, 0.6) is 0 Å². The first-order valence-corrected chi connectivity index (χ1v) is 5.70. The van der Waals surface area contributed by atoms with Crippen molar-refractivity contribution in [2.75, 3.05) is 0 Å². The van der Waals surface area contributed by atoms with Crippen molar-refractivity contribution in [1.29, 1.82) is 0 Å². The standard InChI is InChI=1S/C11H15N3O4/c1-6(2)18-11(17)14-4-8-7(12-5-13-8)3-9(14)10(15)16/h5-6,9H,3-4H2,1-2H3,(H,12,13)(H,15,16). The molecule has 1 atom stereocenters. The molecule has 18 heavy (non-hydrogen) atoms. The Morgan fingerprint density at radius 2 is 2.33 bits per heavy atom. The molecule has 1 aliphatic heterocycles. The molecule has 0 aromatic carbocycles. The lowest BCUT2D eigenvalue weighted by Gasteiger charge is -2.31. The summed E-state index contributed by atoms with van der Waals surface area (Å²) in [6, 6.07) is -0.924. The summed E-state index contributed by atoms with van der Waals surface area (Å²) in [5.74, 6) is -1.05. The minimum absolute atomic E-state index is 0.178. The van der Waals surface area contributed by atoms with E-state index in [1.807, 2.05) is 0 Å². The van der Waals surface area contributed by atoms with Gasteiger partial charge in [0.2, 0.25) is 0 Å². The van der Waals surface area contributed by atoms with Crippen molar-refractivity contribution >= 4 is 12.1 Å². The average Bonchev–Trinajstić information content (AvgIpc) is 2.72. The van der Waals surface area contributed by atoms with E-state index in [0.717, 1.165) is 5.69 Å². The van der Waals surface area contributed by atoms with E-state index in [1.54, 1.807) is 13.8 Å². The topological polar surface area (TPSA) is 95.5 Å². The Kier molecular flexibility index (Phi) is 3.22. The summed E-state index contributed by atoms with van der Waals surface area (Å²) in [5, 5.41) is 9.17. The lowest BCUT2D eigenvalue weighted by molar-refractivity contribution is -0.143. The van der Waals surface area contributed by atoms with Gasteiger partial charge in [0.25, 0.3) is 0 Å². The van der Waals surface area contributed by atoms with Gasteiger partial charge >= 0.3 is 12.1 Å². The van der Waals surface area contributed by atoms with Crippen LogP contribution in [0, 0.1) is 0 Å². The molecule has 1 aromatic heterocycles. The quantitative estimate of drug-likeness (QED) is 0.811. The van der Waals surface area contributed by atoms with Gasteiger partial charge in [-0.25, -0.2) is 14.6 Å². The van der Waals surface area contributed by atoms with Crippen LogP contribution in [0.15, 0.2) is 6.33 Å². The van der Waals surface area contributed by atoms with Crippen molar-refractivity contribution < 1.29 is 19.4 Å². The second-order valence-electron chi connectivity index (χ2n) is 4.45. The highest BCUT2D eigenvalue weighted by atomic mass is 16.6. The van der Waals surface area contributed by atoms with Crippen molar-refractivity contribution in [2.24, 2.45) is 0 Å². The van der Waals surface area contributed by atoms with Crippen LogP contribution in [-0.4, -0.2) is 44.2 Å². The first-order chi connectivity index (χ1) is 8.49. The fraction of sp³-hybridized carbons (Fsp3) is 0.545. The summed E-state index contributed by atoms with van der Waals surface area (Å²) < 4.78 is 5.05. The highest BCUT2D eigenvalue weighted by Gasteiger charge is 2.37. The van der Waals surface area contributed by atoms with E-state index in [-0.39, 0.29) is 19.1 Å². The minimum atomic E-state index is -1.05. The molecule has 0 saturated heterocycles. The molecule has 7 nitrogen and oxygen atoms in total. The number of hydrogen-bond acceptors (Lipinski definition) is 4. The number of carbonyl (C=O) groups is 2. The summed E-state index contributed by atoms with van der Waals surface area (Å²) in [4.78, 5) is 31.2. The van der Waals surface area contributed by atoms with Gasteiger partial charge in [-0.2, -0.15) is 0 Å². The van der Waals surface area contributed by atoms with Crippen molar-refractivity contribution in [3.63, 3.8) is 0 Å². The van der Waals surface area contributed by atoms with Crippen LogP contribution in [0.3, 0.4) is 0 Å². The normalized spacial score (nSPS) is 18.6. The third-order valence-corrected chi connectivity index (χ3v) is 2.75. The zero-order valence-electron chi connectivity index (χ0n) is 10.2. The Balaban J connectivity index is 2.22. The maximum atomic E-state index is 11.9. The van der Waals surface area contributed by atoms with Gasteiger partial charge in [-0.15, -0.1) is 0 Å². The van der Waals surface area contributed by atoms with Gasteiger partial charge in [0, 0.05) is 6.42 Å². The SMILES string of the molecule is CC(C)OC(=O)N1Cc2[nH]cnc2CC1C(=O)O. The number of carbonyl (C=O) groups excluding carboxylic acids is 1. The Hall–Kier alpha value is -2.05. The number of H-pyrrole nitrogens is 1. The van der Waals surface area contributed by atoms with Gasteiger partial charge in [0.05, 0.1) is 30.4 Å². The number of fused-ring (bicyclic) bond motifs is 1. The highest BCUT2D eigenvalue weighted by Crippen LogP contribution is 2.21. The number of ether oxygens (including phenoxy) is 1. The van der Waals surface area contributed by atoms with Crippen molar-refractivity contribution in [1.82, 2.24) is 14.9 Å². The number of imidazole rings is 1. The molecule has 7 heteroatoms. The molecule has 0 bridgehead atoms. The Bertz CT molecular complexity index is 469. The van der Waals surface area contributed by atoms with E-state index in [1.165, 1.54) is 11.2 Å². The monoisotopic (exact) mass is 253 g/mol. The molecule has 0 fully saturated rings. The van der Waals surface area contributed by atoms with E-state index in [0.29, 0.717) is 5.69 Å². The first kappa shape index (κ1) is 12.4. The first-order valence-electron chi connectivity index (χ1n) is 5.70. The average molecular weight is 253 g/mol. The number of aliphatic carboxylic acids is 1. The second-order valence-corrected chi connectivity index (χ2v) is 4.45. The van der Waals surface area contributed by atoms with Gasteiger partial charge in [-0.05, 0) is 13.8 Å². The van der Waals surface area contributed by atoms with Crippen LogP contribution < -0.4 is 0 Å². The van der Waals surface area contributed by atoms with Crippen LogP contribution in [0.2, 0.25) is 0 Å². The summed E-state index contributed by atoms with van der Waals surface area (Å²) in [6.45, 7) is 3.62. The molecule has 1 aromatic rings. The number of nitrogens with zero attached hydrogens (tertiary/aromatic N) is 2. The Morgan fingerprint density at radius 1 is 1.61 bits per heavy atom. The number of amides is 1. The molecule has 98 valence electrons. The predicted molar refractivity (Wildman–Crippen MR) is 60.9 cm³/mol. The van der Waals surface area contributed by atoms with Crippen LogP contribution >= 0.6 is 0 Å². The summed E-state index contributed by atoms with van der Waals surface area (Å²) in [7, 11) is 0. The number of hydrogen-bond donors (Lipinski definition) is 2. The van der Waals surface area contributed by atoms with E-state index < -0.39 is 18.1 Å². The Labute approximate surface area is 104 Å². The largest absolute Gasteiger partial charge is 0.480 e. The molecular formula is C11H15N3O4. The molecule has 1 amide bonds. The molecule has 2 N–H and O–H groups in total.